The Morgan fingerprint density at radius 3 is 1.50 bits per heavy atom. The van der Waals surface area contributed by atoms with Gasteiger partial charge in [-0.3, -0.25) is 10.2 Å². The lowest BCUT2D eigenvalue weighted by atomic mass is 10.3. The van der Waals surface area contributed by atoms with Gasteiger partial charge in [0.15, 0.2) is 0 Å². The highest BCUT2D eigenvalue weighted by atomic mass is 15.1. The Labute approximate surface area is 60.2 Å². The molecule has 0 saturated heterocycles. The van der Waals surface area contributed by atoms with Gasteiger partial charge < -0.3 is 0 Å². The van der Waals surface area contributed by atoms with Crippen molar-refractivity contribution >= 4 is 11.0 Å². The van der Waals surface area contributed by atoms with Crippen molar-refractivity contribution < 1.29 is 0 Å². The Balaban J connectivity index is 0.000000231. The molecule has 1 aromatic carbocycles. The van der Waals surface area contributed by atoms with E-state index in [-0.39, 0.29) is 0 Å². The van der Waals surface area contributed by atoms with Crippen molar-refractivity contribution in [2.24, 2.45) is 0 Å². The van der Waals surface area contributed by atoms with Crippen LogP contribution < -0.4 is 0 Å². The van der Waals surface area contributed by atoms with Gasteiger partial charge in [0.1, 0.15) is 0 Å². The molecule has 0 spiro atoms. The summed E-state index contributed by atoms with van der Waals surface area (Å²) in [5, 5.41) is 5.88. The number of aromatic nitrogens is 2. The molecular weight excluding hydrogens is 124 g/mol. The van der Waals surface area contributed by atoms with Crippen molar-refractivity contribution in [1.29, 1.82) is 0 Å². The Morgan fingerprint density at radius 1 is 0.900 bits per heavy atom. The molecule has 0 aliphatic heterocycles. The van der Waals surface area contributed by atoms with Crippen LogP contribution in [0.3, 0.4) is 0 Å². The van der Waals surface area contributed by atoms with Gasteiger partial charge in [-0.1, -0.05) is 26.0 Å². The molecule has 0 saturated carbocycles. The second kappa shape index (κ2) is 3.11. The van der Waals surface area contributed by atoms with Crippen LogP contribution in [0.4, 0.5) is 0 Å². The van der Waals surface area contributed by atoms with Gasteiger partial charge in [0, 0.05) is 0 Å². The summed E-state index contributed by atoms with van der Waals surface area (Å²) in [5.74, 6) is 0. The molecule has 1 heterocycles. The number of nitrogens with one attached hydrogen (secondary N) is 2. The average molecular weight is 136 g/mol. The number of hydrogen-bond donors (Lipinski definition) is 2. The van der Waals surface area contributed by atoms with E-state index in [0.29, 0.717) is 0 Å². The first kappa shape index (κ1) is 6.93. The van der Waals surface area contributed by atoms with Gasteiger partial charge in [0.25, 0.3) is 0 Å². The average Bonchev–Trinajstić information content (AvgIpc) is 1.96. The van der Waals surface area contributed by atoms with Gasteiger partial charge in [0.05, 0.1) is 11.0 Å². The molecule has 54 valence electrons. The minimum Gasteiger partial charge on any atom is -0.299 e. The monoisotopic (exact) mass is 136 g/mol. The van der Waals surface area contributed by atoms with Crippen molar-refractivity contribution in [1.82, 2.24) is 10.2 Å². The number of H-pyrrole nitrogens is 2. The maximum Gasteiger partial charge on any atom is 0.0789 e. The smallest absolute Gasteiger partial charge is 0.0789 e. The topological polar surface area (TPSA) is 31.6 Å². The van der Waals surface area contributed by atoms with Crippen LogP contribution in [0.2, 0.25) is 0 Å². The molecule has 2 heteroatoms. The van der Waals surface area contributed by atoms with Gasteiger partial charge in [-0.2, -0.15) is 0 Å². The SMILES string of the molecule is CC.c1ccc2[nH][nH]c2c1. The summed E-state index contributed by atoms with van der Waals surface area (Å²) in [4.78, 5) is 0. The Kier molecular flexibility index (Phi) is 2.15. The molecule has 0 fully saturated rings. The van der Waals surface area contributed by atoms with Crippen LogP contribution >= 0.6 is 0 Å². The van der Waals surface area contributed by atoms with E-state index in [1.165, 1.54) is 11.0 Å². The summed E-state index contributed by atoms with van der Waals surface area (Å²) >= 11 is 0. The quantitative estimate of drug-likeness (QED) is 0.557. The number of benzene rings is 1. The fraction of sp³-hybridized carbons (Fsp3) is 0.250. The molecule has 2 nitrogen and oxygen atoms in total. The van der Waals surface area contributed by atoms with Crippen molar-refractivity contribution in [3.05, 3.63) is 24.3 Å². The summed E-state index contributed by atoms with van der Waals surface area (Å²) in [6, 6.07) is 8.08. The molecule has 0 unspecified atom stereocenters. The van der Waals surface area contributed by atoms with Crippen LogP contribution in [0.25, 0.3) is 11.0 Å². The van der Waals surface area contributed by atoms with Crippen molar-refractivity contribution in [2.75, 3.05) is 0 Å². The largest absolute Gasteiger partial charge is 0.299 e. The predicted octanol–water partition coefficient (Wildman–Crippen LogP) is 2.52. The number of fused-ring (bicyclic) bond motifs is 1. The lowest BCUT2D eigenvalue weighted by molar-refractivity contribution is 1.07. The maximum atomic E-state index is 2.94. The van der Waals surface area contributed by atoms with Gasteiger partial charge in [-0.05, 0) is 12.1 Å². The van der Waals surface area contributed by atoms with Crippen molar-refractivity contribution in [3.63, 3.8) is 0 Å². The van der Waals surface area contributed by atoms with Gasteiger partial charge >= 0.3 is 0 Å². The van der Waals surface area contributed by atoms with E-state index < -0.39 is 0 Å². The first-order valence-corrected chi connectivity index (χ1v) is 3.58. The van der Waals surface area contributed by atoms with E-state index >= 15 is 0 Å². The predicted molar refractivity (Wildman–Crippen MR) is 44.0 cm³/mol. The standard InChI is InChI=1S/C6H6N2.C2H6/c1-2-4-6-5(3-1)7-8-6;1-2/h1-4,7-8H;1-2H3. The number of para-hydroxylation sites is 2. The van der Waals surface area contributed by atoms with Gasteiger partial charge in [-0.25, -0.2) is 0 Å². The molecule has 2 aromatic rings. The molecule has 0 bridgehead atoms. The zero-order valence-corrected chi connectivity index (χ0v) is 6.31. The molecule has 0 atom stereocenters. The molecule has 2 rings (SSSR count). The summed E-state index contributed by atoms with van der Waals surface area (Å²) < 4.78 is 0. The van der Waals surface area contributed by atoms with Crippen LogP contribution in [0, 0.1) is 0 Å². The molecule has 0 aliphatic rings. The first-order valence-electron chi connectivity index (χ1n) is 3.58. The number of aromatic amines is 2. The maximum absolute atomic E-state index is 2.94. The van der Waals surface area contributed by atoms with Crippen LogP contribution in [-0.2, 0) is 0 Å². The van der Waals surface area contributed by atoms with Crippen LogP contribution in [0.15, 0.2) is 24.3 Å². The highest BCUT2D eigenvalue weighted by Crippen LogP contribution is 2.06. The zero-order chi connectivity index (χ0) is 7.40. The Morgan fingerprint density at radius 2 is 1.30 bits per heavy atom. The normalized spacial score (nSPS) is 9.00. The fourth-order valence-electron chi connectivity index (χ4n) is 0.773. The third-order valence-electron chi connectivity index (χ3n) is 1.26. The highest BCUT2D eigenvalue weighted by Gasteiger charge is 1.89. The van der Waals surface area contributed by atoms with Gasteiger partial charge in [0.2, 0.25) is 0 Å². The second-order valence-corrected chi connectivity index (χ2v) is 1.80. The van der Waals surface area contributed by atoms with E-state index in [1.807, 2.05) is 38.1 Å². The first-order chi connectivity index (χ1) is 4.97. The number of rotatable bonds is 0. The van der Waals surface area contributed by atoms with E-state index in [1.54, 1.807) is 0 Å². The minimum atomic E-state index is 1.19. The van der Waals surface area contributed by atoms with E-state index in [0.717, 1.165) is 0 Å². The zero-order valence-electron chi connectivity index (χ0n) is 6.31. The fourth-order valence-corrected chi connectivity index (χ4v) is 0.773. The van der Waals surface area contributed by atoms with Crippen molar-refractivity contribution in [3.8, 4) is 0 Å². The molecule has 0 radical (unpaired) electrons. The number of hydrogen-bond acceptors (Lipinski definition) is 0. The summed E-state index contributed by atoms with van der Waals surface area (Å²) in [5.41, 5.74) is 2.38. The minimum absolute atomic E-state index is 1.19. The Bertz CT molecular complexity index is 250. The van der Waals surface area contributed by atoms with Crippen LogP contribution in [-0.4, -0.2) is 10.2 Å². The molecule has 2 N–H and O–H groups in total. The van der Waals surface area contributed by atoms with Crippen molar-refractivity contribution in [2.45, 2.75) is 13.8 Å². The van der Waals surface area contributed by atoms with E-state index in [9.17, 15) is 0 Å². The third-order valence-corrected chi connectivity index (χ3v) is 1.26. The Hall–Kier alpha value is -1.18. The van der Waals surface area contributed by atoms with Crippen LogP contribution in [0.1, 0.15) is 13.8 Å². The van der Waals surface area contributed by atoms with E-state index in [2.05, 4.69) is 10.2 Å². The molecule has 0 aliphatic carbocycles. The summed E-state index contributed by atoms with van der Waals surface area (Å²) in [7, 11) is 0. The van der Waals surface area contributed by atoms with E-state index in [4.69, 9.17) is 0 Å². The third kappa shape index (κ3) is 1.05. The molecular formula is C8H12N2. The molecule has 10 heavy (non-hydrogen) atoms. The second-order valence-electron chi connectivity index (χ2n) is 1.80. The molecule has 1 aromatic heterocycles. The van der Waals surface area contributed by atoms with Crippen LogP contribution in [0.5, 0.6) is 0 Å². The lowest BCUT2D eigenvalue weighted by Crippen LogP contribution is -1.87. The molecule has 0 amide bonds. The van der Waals surface area contributed by atoms with Gasteiger partial charge in [-0.15, -0.1) is 0 Å². The summed E-state index contributed by atoms with van der Waals surface area (Å²) in [6.07, 6.45) is 0. The highest BCUT2D eigenvalue weighted by molar-refractivity contribution is 5.75. The summed E-state index contributed by atoms with van der Waals surface area (Å²) in [6.45, 7) is 4.00. The lowest BCUT2D eigenvalue weighted by Gasteiger charge is -1.99.